The van der Waals surface area contributed by atoms with Crippen LogP contribution < -0.4 is 9.47 Å². The van der Waals surface area contributed by atoms with Crippen molar-refractivity contribution in [2.24, 2.45) is 0 Å². The lowest BCUT2D eigenvalue weighted by molar-refractivity contribution is 0.101. The molecule has 0 bridgehead atoms. The molecule has 0 aliphatic carbocycles. The van der Waals surface area contributed by atoms with Crippen molar-refractivity contribution in [3.8, 4) is 11.5 Å². The Morgan fingerprint density at radius 2 is 1.76 bits per heavy atom. The quantitative estimate of drug-likeness (QED) is 0.737. The number of Topliss-reactive ketones (excluding diaryl/α,β-unsaturated/α-hetero) is 1. The minimum atomic E-state index is 0.0735. The predicted molar refractivity (Wildman–Crippen MR) is 66.1 cm³/mol. The number of hydrogen-bond donors (Lipinski definition) is 0. The highest BCUT2D eigenvalue weighted by Gasteiger charge is 2.18. The highest BCUT2D eigenvalue weighted by molar-refractivity contribution is 5.96. The number of ether oxygens (including phenoxy) is 2. The predicted octanol–water partition coefficient (Wildman–Crippen LogP) is 3.17. The molecule has 92 valence electrons. The lowest BCUT2D eigenvalue weighted by atomic mass is 9.94. The Kier molecular flexibility index (Phi) is 3.36. The summed E-state index contributed by atoms with van der Waals surface area (Å²) in [6, 6.07) is 3.76. The van der Waals surface area contributed by atoms with Gasteiger partial charge in [0.15, 0.2) is 17.3 Å². The van der Waals surface area contributed by atoms with Crippen molar-refractivity contribution in [1.82, 2.24) is 0 Å². The standard InChI is InChI=1S/C14H18O3/c1-9(2)11-7-13-14(8-12(11)10(3)15)17-6-4-5-16-13/h7-9H,4-6H2,1-3H3. The number of carbonyl (C=O) groups excluding carboxylic acids is 1. The fraction of sp³-hybridized carbons (Fsp3) is 0.500. The topological polar surface area (TPSA) is 35.5 Å². The number of rotatable bonds is 2. The number of fused-ring (bicyclic) bond motifs is 1. The van der Waals surface area contributed by atoms with Crippen molar-refractivity contribution < 1.29 is 14.3 Å². The number of hydrogen-bond acceptors (Lipinski definition) is 3. The Bertz CT molecular complexity index is 435. The summed E-state index contributed by atoms with van der Waals surface area (Å²) in [5.74, 6) is 1.82. The molecular formula is C14H18O3. The lowest BCUT2D eigenvalue weighted by Crippen LogP contribution is -2.03. The number of benzene rings is 1. The highest BCUT2D eigenvalue weighted by Crippen LogP contribution is 2.35. The largest absolute Gasteiger partial charge is 0.490 e. The molecule has 0 radical (unpaired) electrons. The van der Waals surface area contributed by atoms with Crippen LogP contribution in [0.25, 0.3) is 0 Å². The maximum Gasteiger partial charge on any atom is 0.161 e. The van der Waals surface area contributed by atoms with E-state index in [9.17, 15) is 4.79 Å². The maximum absolute atomic E-state index is 11.6. The van der Waals surface area contributed by atoms with Crippen LogP contribution >= 0.6 is 0 Å². The molecule has 17 heavy (non-hydrogen) atoms. The third-order valence-electron chi connectivity index (χ3n) is 2.92. The van der Waals surface area contributed by atoms with E-state index < -0.39 is 0 Å². The molecule has 0 fully saturated rings. The SMILES string of the molecule is CC(=O)c1cc2c(cc1C(C)C)OCCCO2. The summed E-state index contributed by atoms with van der Waals surface area (Å²) in [6.45, 7) is 7.05. The third kappa shape index (κ3) is 2.43. The van der Waals surface area contributed by atoms with E-state index in [4.69, 9.17) is 9.47 Å². The number of carbonyl (C=O) groups is 1. The number of ketones is 1. The molecule has 1 aromatic rings. The second kappa shape index (κ2) is 4.78. The van der Waals surface area contributed by atoms with Gasteiger partial charge in [0, 0.05) is 12.0 Å². The smallest absolute Gasteiger partial charge is 0.161 e. The van der Waals surface area contributed by atoms with Crippen LogP contribution in [0.15, 0.2) is 12.1 Å². The maximum atomic E-state index is 11.6. The molecule has 1 aliphatic heterocycles. The van der Waals surface area contributed by atoms with Gasteiger partial charge < -0.3 is 9.47 Å². The molecule has 0 unspecified atom stereocenters. The van der Waals surface area contributed by atoms with Gasteiger partial charge in [-0.05, 0) is 30.5 Å². The molecule has 1 aliphatic rings. The van der Waals surface area contributed by atoms with E-state index in [-0.39, 0.29) is 5.78 Å². The van der Waals surface area contributed by atoms with Crippen molar-refractivity contribution in [1.29, 1.82) is 0 Å². The molecule has 3 nitrogen and oxygen atoms in total. The van der Waals surface area contributed by atoms with Gasteiger partial charge in [-0.2, -0.15) is 0 Å². The van der Waals surface area contributed by atoms with Crippen LogP contribution in [0.1, 0.15) is 49.0 Å². The van der Waals surface area contributed by atoms with Crippen LogP contribution in [0, 0.1) is 0 Å². The summed E-state index contributed by atoms with van der Waals surface area (Å²) in [5.41, 5.74) is 1.77. The summed E-state index contributed by atoms with van der Waals surface area (Å²) >= 11 is 0. The Balaban J connectivity index is 2.52. The summed E-state index contributed by atoms with van der Waals surface area (Å²) in [7, 11) is 0. The van der Waals surface area contributed by atoms with Crippen molar-refractivity contribution >= 4 is 5.78 Å². The van der Waals surface area contributed by atoms with Crippen molar-refractivity contribution in [2.75, 3.05) is 13.2 Å². The van der Waals surface area contributed by atoms with E-state index >= 15 is 0 Å². The zero-order chi connectivity index (χ0) is 12.4. The third-order valence-corrected chi connectivity index (χ3v) is 2.92. The van der Waals surface area contributed by atoms with Crippen LogP contribution in [-0.4, -0.2) is 19.0 Å². The van der Waals surface area contributed by atoms with Crippen LogP contribution in [0.5, 0.6) is 11.5 Å². The lowest BCUT2D eigenvalue weighted by Gasteiger charge is -2.15. The Hall–Kier alpha value is -1.51. The molecule has 0 atom stereocenters. The van der Waals surface area contributed by atoms with Gasteiger partial charge in [0.2, 0.25) is 0 Å². The van der Waals surface area contributed by atoms with Crippen molar-refractivity contribution in [2.45, 2.75) is 33.1 Å². The first-order chi connectivity index (χ1) is 8.09. The fourth-order valence-corrected chi connectivity index (χ4v) is 2.01. The van der Waals surface area contributed by atoms with Gasteiger partial charge in [-0.1, -0.05) is 13.8 Å². The molecule has 0 aromatic heterocycles. The van der Waals surface area contributed by atoms with Crippen LogP contribution in [0.2, 0.25) is 0 Å². The first-order valence-corrected chi connectivity index (χ1v) is 6.04. The molecule has 0 spiro atoms. The van der Waals surface area contributed by atoms with E-state index in [2.05, 4.69) is 13.8 Å². The molecule has 0 amide bonds. The summed E-state index contributed by atoms with van der Waals surface area (Å²) in [5, 5.41) is 0. The minimum Gasteiger partial charge on any atom is -0.490 e. The molecule has 0 saturated heterocycles. The molecule has 3 heteroatoms. The van der Waals surface area contributed by atoms with Gasteiger partial charge >= 0.3 is 0 Å². The van der Waals surface area contributed by atoms with Crippen molar-refractivity contribution in [3.63, 3.8) is 0 Å². The first-order valence-electron chi connectivity index (χ1n) is 6.04. The van der Waals surface area contributed by atoms with Gasteiger partial charge in [-0.3, -0.25) is 4.79 Å². The van der Waals surface area contributed by atoms with E-state index in [1.807, 2.05) is 12.1 Å². The van der Waals surface area contributed by atoms with Crippen LogP contribution in [0.3, 0.4) is 0 Å². The zero-order valence-corrected chi connectivity index (χ0v) is 10.6. The first kappa shape index (κ1) is 12.0. The summed E-state index contributed by atoms with van der Waals surface area (Å²) in [6.07, 6.45) is 0.876. The van der Waals surface area contributed by atoms with Gasteiger partial charge in [0.25, 0.3) is 0 Å². The highest BCUT2D eigenvalue weighted by atomic mass is 16.5. The van der Waals surface area contributed by atoms with Crippen LogP contribution in [-0.2, 0) is 0 Å². The molecule has 0 N–H and O–H groups in total. The van der Waals surface area contributed by atoms with Gasteiger partial charge in [0.1, 0.15) is 0 Å². The van der Waals surface area contributed by atoms with E-state index in [1.165, 1.54) is 0 Å². The molecule has 0 saturated carbocycles. The molecule has 2 rings (SSSR count). The van der Waals surface area contributed by atoms with E-state index in [0.717, 1.165) is 23.3 Å². The van der Waals surface area contributed by atoms with E-state index in [1.54, 1.807) is 6.92 Å². The van der Waals surface area contributed by atoms with Gasteiger partial charge in [-0.15, -0.1) is 0 Å². The summed E-state index contributed by atoms with van der Waals surface area (Å²) in [4.78, 5) is 11.6. The van der Waals surface area contributed by atoms with Gasteiger partial charge in [-0.25, -0.2) is 0 Å². The molecule has 1 aromatic carbocycles. The minimum absolute atomic E-state index is 0.0735. The van der Waals surface area contributed by atoms with Gasteiger partial charge in [0.05, 0.1) is 13.2 Å². The second-order valence-corrected chi connectivity index (χ2v) is 4.65. The Morgan fingerprint density at radius 3 is 2.29 bits per heavy atom. The molecular weight excluding hydrogens is 216 g/mol. The van der Waals surface area contributed by atoms with E-state index in [0.29, 0.717) is 24.9 Å². The fourth-order valence-electron chi connectivity index (χ4n) is 2.01. The second-order valence-electron chi connectivity index (χ2n) is 4.65. The van der Waals surface area contributed by atoms with Crippen molar-refractivity contribution in [3.05, 3.63) is 23.3 Å². The van der Waals surface area contributed by atoms with Crippen LogP contribution in [0.4, 0.5) is 0 Å². The average Bonchev–Trinajstić information content (AvgIpc) is 2.51. The monoisotopic (exact) mass is 234 g/mol. The Morgan fingerprint density at radius 1 is 1.18 bits per heavy atom. The Labute approximate surface area is 102 Å². The average molecular weight is 234 g/mol. The normalized spacial score (nSPS) is 14.6. The zero-order valence-electron chi connectivity index (χ0n) is 10.6. The molecule has 1 heterocycles. The summed E-state index contributed by atoms with van der Waals surface area (Å²) < 4.78 is 11.2.